The molecule has 5 aromatic rings. The molecule has 0 saturated heterocycles. The van der Waals surface area contributed by atoms with Crippen molar-refractivity contribution in [3.05, 3.63) is 98.2 Å². The Bertz CT molecular complexity index is 1600. The molecule has 5 rings (SSSR count). The Morgan fingerprint density at radius 3 is 2.73 bits per heavy atom. The Hall–Kier alpha value is -4.17. The van der Waals surface area contributed by atoms with Crippen molar-refractivity contribution in [2.75, 3.05) is 7.11 Å². The zero-order valence-electron chi connectivity index (χ0n) is 17.4. The van der Waals surface area contributed by atoms with Gasteiger partial charge in [-0.05, 0) is 48.0 Å². The Morgan fingerprint density at radius 1 is 1.06 bits per heavy atom. The summed E-state index contributed by atoms with van der Waals surface area (Å²) >= 11 is 6.21. The number of rotatable bonds is 5. The highest BCUT2D eigenvalue weighted by Crippen LogP contribution is 2.28. The zero-order valence-corrected chi connectivity index (χ0v) is 18.2. The molecular weight excluding hydrogens is 444 g/mol. The number of halogens is 1. The third-order valence-corrected chi connectivity index (χ3v) is 5.57. The lowest BCUT2D eigenvalue weighted by Crippen LogP contribution is -2.35. The van der Waals surface area contributed by atoms with Crippen LogP contribution in [0.3, 0.4) is 0 Å². The first-order chi connectivity index (χ1) is 16.0. The van der Waals surface area contributed by atoms with Gasteiger partial charge in [0.1, 0.15) is 5.75 Å². The van der Waals surface area contributed by atoms with Crippen LogP contribution in [0.5, 0.6) is 5.75 Å². The quantitative estimate of drug-likeness (QED) is 0.423. The summed E-state index contributed by atoms with van der Waals surface area (Å²) in [6.45, 7) is 0.119. The molecule has 0 fully saturated rings. The van der Waals surface area contributed by atoms with Crippen LogP contribution in [0.4, 0.5) is 0 Å². The van der Waals surface area contributed by atoms with E-state index >= 15 is 0 Å². The van der Waals surface area contributed by atoms with E-state index in [0.29, 0.717) is 38.6 Å². The van der Waals surface area contributed by atoms with Gasteiger partial charge >= 0.3 is 5.69 Å². The smallest absolute Gasteiger partial charge is 0.329 e. The molecule has 0 aliphatic rings. The predicted molar refractivity (Wildman–Crippen MR) is 125 cm³/mol. The number of ether oxygens (including phenoxy) is 1. The van der Waals surface area contributed by atoms with Crippen LogP contribution >= 0.6 is 11.6 Å². The Labute approximate surface area is 192 Å². The van der Waals surface area contributed by atoms with E-state index in [2.05, 4.69) is 15.1 Å². The molecule has 2 heterocycles. The number of hydrogen-bond donors (Lipinski definition) is 1. The molecule has 1 N–H and O–H groups in total. The third-order valence-electron chi connectivity index (χ3n) is 5.24. The van der Waals surface area contributed by atoms with Gasteiger partial charge in [0, 0.05) is 11.1 Å². The van der Waals surface area contributed by atoms with Crippen LogP contribution in [-0.2, 0) is 6.54 Å². The average Bonchev–Trinajstić information content (AvgIpc) is 3.32. The normalized spacial score (nSPS) is 11.1. The maximum absolute atomic E-state index is 13.0. The molecular formula is C24H17ClN4O4. The first-order valence-corrected chi connectivity index (χ1v) is 10.4. The number of H-pyrrole nitrogens is 1. The van der Waals surface area contributed by atoms with Crippen molar-refractivity contribution in [2.45, 2.75) is 6.54 Å². The monoisotopic (exact) mass is 460 g/mol. The van der Waals surface area contributed by atoms with Gasteiger partial charge in [-0.1, -0.05) is 41.0 Å². The van der Waals surface area contributed by atoms with E-state index < -0.39 is 11.2 Å². The summed E-state index contributed by atoms with van der Waals surface area (Å²) in [5, 5.41) is 4.87. The fourth-order valence-corrected chi connectivity index (χ4v) is 3.80. The number of hydrogen-bond acceptors (Lipinski definition) is 6. The maximum atomic E-state index is 13.0. The molecule has 0 aliphatic heterocycles. The molecule has 0 atom stereocenters. The number of aromatic nitrogens is 4. The highest BCUT2D eigenvalue weighted by molar-refractivity contribution is 6.33. The van der Waals surface area contributed by atoms with Crippen molar-refractivity contribution in [1.82, 2.24) is 19.7 Å². The van der Waals surface area contributed by atoms with E-state index in [1.165, 1.54) is 0 Å². The lowest BCUT2D eigenvalue weighted by Gasteiger charge is -2.08. The van der Waals surface area contributed by atoms with Crippen molar-refractivity contribution in [3.8, 4) is 28.6 Å². The van der Waals surface area contributed by atoms with E-state index in [1.807, 2.05) is 24.3 Å². The van der Waals surface area contributed by atoms with Crippen LogP contribution in [0.25, 0.3) is 33.7 Å². The zero-order chi connectivity index (χ0) is 22.9. The average molecular weight is 461 g/mol. The molecule has 2 aromatic heterocycles. The fraction of sp³-hybridized carbons (Fsp3) is 0.0833. The minimum Gasteiger partial charge on any atom is -0.497 e. The maximum Gasteiger partial charge on any atom is 0.329 e. The minimum absolute atomic E-state index is 0.119. The van der Waals surface area contributed by atoms with Gasteiger partial charge in [0.05, 0.1) is 29.6 Å². The van der Waals surface area contributed by atoms with Crippen molar-refractivity contribution in [3.63, 3.8) is 0 Å². The lowest BCUT2D eigenvalue weighted by atomic mass is 10.1. The van der Waals surface area contributed by atoms with E-state index in [-0.39, 0.29) is 12.4 Å². The van der Waals surface area contributed by atoms with Crippen molar-refractivity contribution < 1.29 is 9.26 Å². The van der Waals surface area contributed by atoms with Crippen LogP contribution in [0.1, 0.15) is 5.56 Å². The SMILES string of the molecule is COc1cccc(Cn2c(=O)[nH]c3cc(-c4nc(-c5ccccc5Cl)no4)ccc3c2=O)c1. The molecule has 3 aromatic carbocycles. The standard InChI is InChI=1S/C24H17ClN4O4/c1-32-16-6-4-5-14(11-16)13-29-23(30)18-10-9-15(12-20(18)26-24(29)31)22-27-21(28-33-22)17-7-2-3-8-19(17)25/h2-12H,13H2,1H3,(H,26,31). The van der Waals surface area contributed by atoms with Gasteiger partial charge in [-0.15, -0.1) is 0 Å². The summed E-state index contributed by atoms with van der Waals surface area (Å²) in [4.78, 5) is 32.9. The van der Waals surface area contributed by atoms with Gasteiger partial charge in [-0.25, -0.2) is 4.79 Å². The molecule has 0 unspecified atom stereocenters. The Balaban J connectivity index is 1.52. The van der Waals surface area contributed by atoms with E-state index in [4.69, 9.17) is 20.9 Å². The number of nitrogens with one attached hydrogen (secondary N) is 1. The van der Waals surface area contributed by atoms with Crippen LogP contribution in [-0.4, -0.2) is 26.8 Å². The summed E-state index contributed by atoms with van der Waals surface area (Å²) in [5.74, 6) is 1.24. The summed E-state index contributed by atoms with van der Waals surface area (Å²) in [6.07, 6.45) is 0. The molecule has 8 nitrogen and oxygen atoms in total. The number of nitrogens with zero attached hydrogens (tertiary/aromatic N) is 3. The summed E-state index contributed by atoms with van der Waals surface area (Å²) in [5.41, 5.74) is 1.44. The summed E-state index contributed by atoms with van der Waals surface area (Å²) in [7, 11) is 1.56. The number of aromatic amines is 1. The van der Waals surface area contributed by atoms with Crippen LogP contribution in [0, 0.1) is 0 Å². The van der Waals surface area contributed by atoms with Gasteiger partial charge in [-0.3, -0.25) is 9.36 Å². The second kappa shape index (κ2) is 8.40. The first kappa shape index (κ1) is 20.7. The fourth-order valence-electron chi connectivity index (χ4n) is 3.58. The molecule has 9 heteroatoms. The molecule has 0 aliphatic carbocycles. The van der Waals surface area contributed by atoms with Crippen LogP contribution < -0.4 is 16.0 Å². The molecule has 0 saturated carbocycles. The highest BCUT2D eigenvalue weighted by Gasteiger charge is 2.15. The Morgan fingerprint density at radius 2 is 1.91 bits per heavy atom. The number of methoxy groups -OCH3 is 1. The second-order valence-electron chi connectivity index (χ2n) is 7.34. The van der Waals surface area contributed by atoms with Gasteiger partial charge in [0.2, 0.25) is 5.82 Å². The van der Waals surface area contributed by atoms with Crippen LogP contribution in [0.2, 0.25) is 5.02 Å². The molecule has 164 valence electrons. The second-order valence-corrected chi connectivity index (χ2v) is 7.74. The van der Waals surface area contributed by atoms with Crippen molar-refractivity contribution in [2.24, 2.45) is 0 Å². The van der Waals surface area contributed by atoms with Gasteiger partial charge in [0.25, 0.3) is 11.4 Å². The highest BCUT2D eigenvalue weighted by atomic mass is 35.5. The van der Waals surface area contributed by atoms with Crippen LogP contribution in [0.15, 0.2) is 80.8 Å². The summed E-state index contributed by atoms with van der Waals surface area (Å²) in [6, 6.07) is 19.4. The number of fused-ring (bicyclic) bond motifs is 1. The summed E-state index contributed by atoms with van der Waals surface area (Å²) < 4.78 is 11.8. The molecule has 0 radical (unpaired) electrons. The molecule has 33 heavy (non-hydrogen) atoms. The van der Waals surface area contributed by atoms with Crippen molar-refractivity contribution >= 4 is 22.5 Å². The Kier molecular flexibility index (Phi) is 5.27. The van der Waals surface area contributed by atoms with E-state index in [9.17, 15) is 9.59 Å². The van der Waals surface area contributed by atoms with E-state index in [1.54, 1.807) is 49.6 Å². The number of benzene rings is 3. The largest absolute Gasteiger partial charge is 0.497 e. The van der Waals surface area contributed by atoms with Gasteiger partial charge < -0.3 is 14.2 Å². The van der Waals surface area contributed by atoms with Gasteiger partial charge in [0.15, 0.2) is 0 Å². The van der Waals surface area contributed by atoms with E-state index in [0.717, 1.165) is 10.1 Å². The van der Waals surface area contributed by atoms with Gasteiger partial charge in [-0.2, -0.15) is 4.98 Å². The topological polar surface area (TPSA) is 103 Å². The first-order valence-electron chi connectivity index (χ1n) is 10.0. The predicted octanol–water partition coefficient (Wildman–Crippen LogP) is 4.12. The lowest BCUT2D eigenvalue weighted by molar-refractivity contribution is 0.414. The van der Waals surface area contributed by atoms with Crippen molar-refractivity contribution in [1.29, 1.82) is 0 Å². The molecule has 0 bridgehead atoms. The molecule has 0 amide bonds. The molecule has 0 spiro atoms. The minimum atomic E-state index is -0.519. The third kappa shape index (κ3) is 3.92.